The molecule has 0 radical (unpaired) electrons. The van der Waals surface area contributed by atoms with Gasteiger partial charge < -0.3 is 10.6 Å². The van der Waals surface area contributed by atoms with Crippen LogP contribution in [0.2, 0.25) is 0 Å². The zero-order chi connectivity index (χ0) is 14.7. The molecule has 0 amide bonds. The summed E-state index contributed by atoms with van der Waals surface area (Å²) in [4.78, 5) is 2.46. The summed E-state index contributed by atoms with van der Waals surface area (Å²) in [5, 5.41) is 0. The third kappa shape index (κ3) is 3.29. The lowest BCUT2D eigenvalue weighted by Gasteiger charge is -2.34. The fourth-order valence-corrected chi connectivity index (χ4v) is 3.25. The summed E-state index contributed by atoms with van der Waals surface area (Å²) in [5.41, 5.74) is 7.01. The summed E-state index contributed by atoms with van der Waals surface area (Å²) in [6.45, 7) is 5.27. The lowest BCUT2D eigenvalue weighted by molar-refractivity contribution is 0.533. The number of benzene rings is 1. The van der Waals surface area contributed by atoms with Crippen molar-refractivity contribution in [3.63, 3.8) is 0 Å². The maximum absolute atomic E-state index is 14.1. The van der Waals surface area contributed by atoms with E-state index in [1.54, 1.807) is 6.07 Å². The van der Waals surface area contributed by atoms with Gasteiger partial charge in [0.1, 0.15) is 10.8 Å². The van der Waals surface area contributed by atoms with Crippen LogP contribution in [0, 0.1) is 11.7 Å². The van der Waals surface area contributed by atoms with Crippen molar-refractivity contribution in [1.82, 2.24) is 0 Å². The van der Waals surface area contributed by atoms with E-state index in [0.717, 1.165) is 12.2 Å². The van der Waals surface area contributed by atoms with Crippen molar-refractivity contribution in [3.8, 4) is 0 Å². The third-order valence-corrected chi connectivity index (χ3v) is 4.08. The van der Waals surface area contributed by atoms with Crippen LogP contribution in [-0.2, 0) is 0 Å². The molecule has 2 N–H and O–H groups in total. The van der Waals surface area contributed by atoms with Crippen LogP contribution >= 0.6 is 12.2 Å². The largest absolute Gasteiger partial charge is 0.389 e. The summed E-state index contributed by atoms with van der Waals surface area (Å²) in [5.74, 6) is 0.194. The molecule has 2 rings (SSSR count). The second kappa shape index (κ2) is 6.53. The zero-order valence-electron chi connectivity index (χ0n) is 12.2. The van der Waals surface area contributed by atoms with Crippen molar-refractivity contribution >= 4 is 22.9 Å². The summed E-state index contributed by atoms with van der Waals surface area (Å²) < 4.78 is 14.1. The van der Waals surface area contributed by atoms with E-state index >= 15 is 0 Å². The molecule has 110 valence electrons. The summed E-state index contributed by atoms with van der Waals surface area (Å²) >= 11 is 5.06. The van der Waals surface area contributed by atoms with Gasteiger partial charge in [-0.1, -0.05) is 45.0 Å². The van der Waals surface area contributed by atoms with E-state index in [0.29, 0.717) is 17.5 Å². The highest BCUT2D eigenvalue weighted by atomic mass is 32.1. The number of anilines is 1. The molecular weight excluding hydrogens is 271 g/mol. The zero-order valence-corrected chi connectivity index (χ0v) is 13.0. The lowest BCUT2D eigenvalue weighted by Crippen LogP contribution is -2.38. The van der Waals surface area contributed by atoms with Gasteiger partial charge in [-0.3, -0.25) is 0 Å². The summed E-state index contributed by atoms with van der Waals surface area (Å²) in [6.07, 6.45) is 4.83. The van der Waals surface area contributed by atoms with Gasteiger partial charge >= 0.3 is 0 Å². The molecule has 1 aliphatic carbocycles. The molecule has 0 aliphatic heterocycles. The monoisotopic (exact) mass is 294 g/mol. The highest BCUT2D eigenvalue weighted by Gasteiger charge is 2.26. The maximum atomic E-state index is 14.1. The van der Waals surface area contributed by atoms with Crippen LogP contribution in [0.1, 0.15) is 45.1 Å². The molecule has 1 fully saturated rings. The number of nitrogens with two attached hydrogens (primary N) is 1. The van der Waals surface area contributed by atoms with Crippen LogP contribution in [0.15, 0.2) is 18.2 Å². The predicted octanol–water partition coefficient (Wildman–Crippen LogP) is 3.86. The smallest absolute Gasteiger partial charge is 0.135 e. The topological polar surface area (TPSA) is 29.3 Å². The quantitative estimate of drug-likeness (QED) is 0.836. The predicted molar refractivity (Wildman–Crippen MR) is 86.7 cm³/mol. The Bertz CT molecular complexity index is 481. The minimum Gasteiger partial charge on any atom is -0.389 e. The van der Waals surface area contributed by atoms with Gasteiger partial charge in [0.15, 0.2) is 0 Å². The molecule has 0 aromatic heterocycles. The van der Waals surface area contributed by atoms with Crippen LogP contribution in [-0.4, -0.2) is 17.6 Å². The minimum absolute atomic E-state index is 0.143. The van der Waals surface area contributed by atoms with E-state index in [2.05, 4.69) is 18.7 Å². The number of halogens is 1. The van der Waals surface area contributed by atoms with Crippen molar-refractivity contribution < 1.29 is 4.39 Å². The number of thiocarbonyl (C=S) groups is 1. The second-order valence-corrected chi connectivity index (χ2v) is 6.42. The minimum atomic E-state index is -0.318. The average Bonchev–Trinajstić information content (AvgIpc) is 2.88. The fraction of sp³-hybridized carbons (Fsp3) is 0.562. The Morgan fingerprint density at radius 2 is 2.05 bits per heavy atom. The number of hydrogen-bond donors (Lipinski definition) is 1. The highest BCUT2D eigenvalue weighted by molar-refractivity contribution is 7.80. The summed E-state index contributed by atoms with van der Waals surface area (Å²) in [6, 6.07) is 5.60. The second-order valence-electron chi connectivity index (χ2n) is 5.98. The Morgan fingerprint density at radius 1 is 1.40 bits per heavy atom. The van der Waals surface area contributed by atoms with Gasteiger partial charge in [-0.05, 0) is 30.9 Å². The summed E-state index contributed by atoms with van der Waals surface area (Å²) in [7, 11) is 0. The third-order valence-electron chi connectivity index (χ3n) is 3.87. The van der Waals surface area contributed by atoms with Gasteiger partial charge in [0.25, 0.3) is 0 Å². The molecular formula is C16H23FN2S. The van der Waals surface area contributed by atoms with Crippen LogP contribution in [0.5, 0.6) is 0 Å². The van der Waals surface area contributed by atoms with Crippen LogP contribution in [0.25, 0.3) is 0 Å². The molecule has 0 saturated heterocycles. The first-order chi connectivity index (χ1) is 9.50. The van der Waals surface area contributed by atoms with E-state index in [1.165, 1.54) is 31.7 Å². The van der Waals surface area contributed by atoms with Crippen molar-refractivity contribution in [1.29, 1.82) is 0 Å². The maximum Gasteiger partial charge on any atom is 0.135 e. The first kappa shape index (κ1) is 15.2. The van der Waals surface area contributed by atoms with Crippen LogP contribution in [0.4, 0.5) is 10.1 Å². The molecule has 0 heterocycles. The van der Waals surface area contributed by atoms with E-state index in [4.69, 9.17) is 18.0 Å². The molecule has 1 aromatic rings. The average molecular weight is 294 g/mol. The van der Waals surface area contributed by atoms with E-state index < -0.39 is 0 Å². The van der Waals surface area contributed by atoms with Gasteiger partial charge in [-0.15, -0.1) is 0 Å². The lowest BCUT2D eigenvalue weighted by atomic mass is 10.1. The molecule has 20 heavy (non-hydrogen) atoms. The van der Waals surface area contributed by atoms with Gasteiger partial charge in [0.2, 0.25) is 0 Å². The van der Waals surface area contributed by atoms with Crippen molar-refractivity contribution in [2.45, 2.75) is 45.6 Å². The Balaban J connectivity index is 2.42. The standard InChI is InChI=1S/C16H23FN2S/c1-11(2)10-19(12-6-3-4-7-12)14-9-5-8-13(17)15(14)16(18)20/h5,8-9,11-12H,3-4,6-7,10H2,1-2H3,(H2,18,20). The Kier molecular flexibility index (Phi) is 4.97. The number of rotatable bonds is 5. The van der Waals surface area contributed by atoms with Gasteiger partial charge in [0.05, 0.1) is 11.3 Å². The molecule has 2 nitrogen and oxygen atoms in total. The molecule has 0 atom stereocenters. The van der Waals surface area contributed by atoms with Gasteiger partial charge in [-0.2, -0.15) is 0 Å². The van der Waals surface area contributed by atoms with Crippen LogP contribution < -0.4 is 10.6 Å². The molecule has 4 heteroatoms. The van der Waals surface area contributed by atoms with Gasteiger partial charge in [-0.25, -0.2) is 4.39 Å². The van der Waals surface area contributed by atoms with Crippen molar-refractivity contribution in [2.75, 3.05) is 11.4 Å². The molecule has 0 spiro atoms. The van der Waals surface area contributed by atoms with Crippen molar-refractivity contribution in [2.24, 2.45) is 11.7 Å². The molecule has 1 aliphatic rings. The highest BCUT2D eigenvalue weighted by Crippen LogP contribution is 2.32. The number of nitrogens with zero attached hydrogens (tertiary/aromatic N) is 1. The number of hydrogen-bond acceptors (Lipinski definition) is 2. The molecule has 1 aromatic carbocycles. The van der Waals surface area contributed by atoms with E-state index in [1.807, 2.05) is 6.07 Å². The normalized spacial score (nSPS) is 15.8. The van der Waals surface area contributed by atoms with E-state index in [-0.39, 0.29) is 10.8 Å². The Hall–Kier alpha value is -1.16. The molecule has 0 unspecified atom stereocenters. The Labute approximate surface area is 126 Å². The van der Waals surface area contributed by atoms with E-state index in [9.17, 15) is 4.39 Å². The first-order valence-electron chi connectivity index (χ1n) is 7.35. The van der Waals surface area contributed by atoms with Gasteiger partial charge in [0, 0.05) is 12.6 Å². The first-order valence-corrected chi connectivity index (χ1v) is 7.76. The molecule has 0 bridgehead atoms. The Morgan fingerprint density at radius 3 is 2.60 bits per heavy atom. The SMILES string of the molecule is CC(C)CN(c1cccc(F)c1C(N)=S)C1CCCC1. The molecule has 1 saturated carbocycles. The van der Waals surface area contributed by atoms with Crippen molar-refractivity contribution in [3.05, 3.63) is 29.6 Å². The van der Waals surface area contributed by atoms with Crippen LogP contribution in [0.3, 0.4) is 0 Å². The fourth-order valence-electron chi connectivity index (χ4n) is 3.05.